The highest BCUT2D eigenvalue weighted by Crippen LogP contribution is 2.04. The van der Waals surface area contributed by atoms with Gasteiger partial charge in [0.05, 0.1) is 5.56 Å². The van der Waals surface area contributed by atoms with Gasteiger partial charge < -0.3 is 10.2 Å². The van der Waals surface area contributed by atoms with E-state index in [9.17, 15) is 9.59 Å². The summed E-state index contributed by atoms with van der Waals surface area (Å²) in [6.07, 6.45) is 1.23. The molecule has 0 saturated heterocycles. The van der Waals surface area contributed by atoms with Crippen molar-refractivity contribution in [2.24, 2.45) is 0 Å². The standard InChI is InChI=1S/C7H5NO4/c9-6(10)4-2-1-3-8-5(4)7(11)12/h1-3H,(H,9,10)(H,11,12)/i1+1,2+1,3+1,4+1,5+1,6+1,7+1. The summed E-state index contributed by atoms with van der Waals surface area (Å²) in [6.45, 7) is 0. The third-order valence-corrected chi connectivity index (χ3v) is 1.24. The molecule has 0 aromatic carbocycles. The zero-order chi connectivity index (χ0) is 9.14. The van der Waals surface area contributed by atoms with Gasteiger partial charge in [-0.3, -0.25) is 0 Å². The Morgan fingerprint density at radius 3 is 2.33 bits per heavy atom. The topological polar surface area (TPSA) is 87.5 Å². The third-order valence-electron chi connectivity index (χ3n) is 1.24. The molecule has 0 fully saturated rings. The summed E-state index contributed by atoms with van der Waals surface area (Å²) in [5.41, 5.74) is -0.741. The minimum absolute atomic E-state index is 0.301. The van der Waals surface area contributed by atoms with E-state index in [0.717, 1.165) is 0 Å². The molecule has 5 heteroatoms. The fourth-order valence-electron chi connectivity index (χ4n) is 0.748. The van der Waals surface area contributed by atoms with Crippen LogP contribution < -0.4 is 0 Å². The lowest BCUT2D eigenvalue weighted by atomic mass is 11.1. The maximum absolute atomic E-state index is 10.4. The predicted octanol–water partition coefficient (Wildman–Crippen LogP) is 0.478. The van der Waals surface area contributed by atoms with E-state index in [0.29, 0.717) is 0 Å². The molecule has 62 valence electrons. The van der Waals surface area contributed by atoms with Crippen LogP contribution in [-0.4, -0.2) is 27.1 Å². The Bertz CT molecular complexity index is 301. The first-order valence-electron chi connectivity index (χ1n) is 3.04. The second-order valence-corrected chi connectivity index (χ2v) is 2.01. The van der Waals surface area contributed by atoms with Gasteiger partial charge in [-0.15, -0.1) is 0 Å². The fraction of sp³-hybridized carbons (Fsp3) is 0. The molecule has 12 heavy (non-hydrogen) atoms. The number of carboxylic acids is 2. The van der Waals surface area contributed by atoms with Crippen LogP contribution in [0.3, 0.4) is 0 Å². The molecule has 1 aromatic rings. The van der Waals surface area contributed by atoms with Gasteiger partial charge in [-0.1, -0.05) is 0 Å². The molecular weight excluding hydrogens is 169 g/mol. The largest absolute Gasteiger partial charge is 0.478 e. The molecular formula is C7H5NO4. The van der Waals surface area contributed by atoms with Crippen molar-refractivity contribution >= 4 is 11.9 Å². The smallest absolute Gasteiger partial charge is 0.355 e. The van der Waals surface area contributed by atoms with Crippen LogP contribution in [0.15, 0.2) is 18.3 Å². The number of carbonyl (C=O) groups is 2. The van der Waals surface area contributed by atoms with Crippen molar-refractivity contribution in [2.45, 2.75) is 0 Å². The van der Waals surface area contributed by atoms with Gasteiger partial charge in [0.1, 0.15) is 0 Å². The average molecular weight is 174 g/mol. The predicted molar refractivity (Wildman–Crippen MR) is 38.2 cm³/mol. The summed E-state index contributed by atoms with van der Waals surface area (Å²) in [4.78, 5) is 24.2. The third kappa shape index (κ3) is 1.39. The zero-order valence-electron chi connectivity index (χ0n) is 5.89. The number of rotatable bonds is 2. The quantitative estimate of drug-likeness (QED) is 0.636. The van der Waals surface area contributed by atoms with Gasteiger partial charge in [0, 0.05) is 6.20 Å². The van der Waals surface area contributed by atoms with Gasteiger partial charge in [0.25, 0.3) is 0 Å². The summed E-state index contributed by atoms with van der Waals surface area (Å²) < 4.78 is 0. The second-order valence-electron chi connectivity index (χ2n) is 2.01. The van der Waals surface area contributed by atoms with E-state index in [-0.39, 0.29) is 5.56 Å². The molecule has 0 bridgehead atoms. The highest BCUT2D eigenvalue weighted by atomic mass is 16.5. The molecule has 0 atom stereocenters. The maximum atomic E-state index is 10.4. The number of hydrogen-bond acceptors (Lipinski definition) is 3. The lowest BCUT2D eigenvalue weighted by Gasteiger charge is -1.97. The van der Waals surface area contributed by atoms with E-state index >= 15 is 0 Å². The second kappa shape index (κ2) is 3.00. The fourth-order valence-corrected chi connectivity index (χ4v) is 0.748. The van der Waals surface area contributed by atoms with Crippen LogP contribution in [-0.2, 0) is 0 Å². The highest BCUT2D eigenvalue weighted by Gasteiger charge is 2.15. The lowest BCUT2D eigenvalue weighted by molar-refractivity contribution is 0.0646. The zero-order valence-corrected chi connectivity index (χ0v) is 5.89. The number of aromatic carboxylic acids is 2. The van der Waals surface area contributed by atoms with Crippen molar-refractivity contribution < 1.29 is 19.8 Å². The van der Waals surface area contributed by atoms with E-state index in [1.54, 1.807) is 0 Å². The number of hydrogen-bond donors (Lipinski definition) is 2. The molecule has 1 rings (SSSR count). The Kier molecular flexibility index (Phi) is 2.05. The molecule has 5 nitrogen and oxygen atoms in total. The molecule has 1 aromatic heterocycles. The molecule has 0 aliphatic rings. The van der Waals surface area contributed by atoms with Crippen LogP contribution in [0, 0.1) is 0 Å². The Labute approximate surface area is 67.3 Å². The number of nitrogens with zero attached hydrogens (tertiary/aromatic N) is 1. The molecule has 1 heterocycles. The first kappa shape index (κ1) is 8.19. The van der Waals surface area contributed by atoms with Gasteiger partial charge >= 0.3 is 11.9 Å². The Morgan fingerprint density at radius 1 is 1.25 bits per heavy atom. The molecule has 0 amide bonds. The molecule has 0 aliphatic heterocycles. The molecule has 2 N–H and O–H groups in total. The van der Waals surface area contributed by atoms with Crippen LogP contribution >= 0.6 is 0 Å². The SMILES string of the molecule is O=[13C](O)[13c]1[13cH][13cH][13cH]n[13c]1[13C](=O)O. The van der Waals surface area contributed by atoms with Crippen molar-refractivity contribution in [3.8, 4) is 0 Å². The van der Waals surface area contributed by atoms with Gasteiger partial charge in [-0.05, 0) is 12.1 Å². The molecule has 0 spiro atoms. The minimum atomic E-state index is -1.34. The Balaban J connectivity index is 3.27. The highest BCUT2D eigenvalue weighted by molar-refractivity contribution is 5.99. The lowest BCUT2D eigenvalue weighted by Crippen LogP contribution is -2.09. The van der Waals surface area contributed by atoms with Gasteiger partial charge in [-0.2, -0.15) is 0 Å². The van der Waals surface area contributed by atoms with Crippen molar-refractivity contribution in [2.75, 3.05) is 0 Å². The number of carboxylic acid groups (broad SMARTS) is 2. The molecule has 0 aliphatic carbocycles. The van der Waals surface area contributed by atoms with Crippen molar-refractivity contribution in [3.05, 3.63) is 29.6 Å². The molecule has 0 saturated carbocycles. The normalized spacial score (nSPS) is 9.33. The summed E-state index contributed by atoms with van der Waals surface area (Å²) in [5.74, 6) is -2.63. The van der Waals surface area contributed by atoms with Gasteiger partial charge in [-0.25, -0.2) is 14.6 Å². The summed E-state index contributed by atoms with van der Waals surface area (Å²) in [7, 11) is 0. The number of aromatic nitrogens is 1. The van der Waals surface area contributed by atoms with Crippen molar-refractivity contribution in [3.63, 3.8) is 0 Å². The monoisotopic (exact) mass is 174 g/mol. The maximum Gasteiger partial charge on any atom is 0.355 e. The van der Waals surface area contributed by atoms with E-state index in [2.05, 4.69) is 4.98 Å². The first-order chi connectivity index (χ1) is 5.63. The van der Waals surface area contributed by atoms with E-state index in [1.165, 1.54) is 18.3 Å². The van der Waals surface area contributed by atoms with Crippen molar-refractivity contribution in [1.29, 1.82) is 0 Å². The van der Waals surface area contributed by atoms with E-state index in [1.807, 2.05) is 0 Å². The summed E-state index contributed by atoms with van der Waals surface area (Å²) in [5, 5.41) is 17.0. The van der Waals surface area contributed by atoms with E-state index < -0.39 is 17.6 Å². The van der Waals surface area contributed by atoms with Crippen molar-refractivity contribution in [1.82, 2.24) is 4.98 Å². The first-order valence-corrected chi connectivity index (χ1v) is 3.04. The minimum Gasteiger partial charge on any atom is -0.478 e. The summed E-state index contributed by atoms with van der Waals surface area (Å²) in [6, 6.07) is 2.56. The number of pyridine rings is 1. The van der Waals surface area contributed by atoms with Crippen LogP contribution in [0.2, 0.25) is 0 Å². The summed E-state index contributed by atoms with van der Waals surface area (Å²) >= 11 is 0. The van der Waals surface area contributed by atoms with Crippen LogP contribution in [0.4, 0.5) is 0 Å². The Morgan fingerprint density at radius 2 is 1.92 bits per heavy atom. The van der Waals surface area contributed by atoms with Crippen LogP contribution in [0.5, 0.6) is 0 Å². The van der Waals surface area contributed by atoms with Gasteiger partial charge in [0.2, 0.25) is 0 Å². The molecule has 0 unspecified atom stereocenters. The van der Waals surface area contributed by atoms with E-state index in [4.69, 9.17) is 10.2 Å². The van der Waals surface area contributed by atoms with Gasteiger partial charge in [0.15, 0.2) is 5.69 Å². The average Bonchev–Trinajstić information content (AvgIpc) is 2.04. The van der Waals surface area contributed by atoms with Crippen LogP contribution in [0.1, 0.15) is 20.8 Å². The Hall–Kier alpha value is -1.91. The van der Waals surface area contributed by atoms with Crippen LogP contribution in [0.25, 0.3) is 0 Å². The molecule has 0 radical (unpaired) electrons.